The molecule has 1 aliphatic carbocycles. The van der Waals surface area contributed by atoms with Crippen molar-refractivity contribution in [2.24, 2.45) is 11.8 Å². The molecule has 1 rings (SSSR count). The Labute approximate surface area is 52.7 Å². The second-order valence-electron chi connectivity index (χ2n) is 2.34. The summed E-state index contributed by atoms with van der Waals surface area (Å²) in [5, 5.41) is 8.33. The lowest BCUT2D eigenvalue weighted by atomic mass is 10.2. The molecule has 0 radical (unpaired) electrons. The van der Waals surface area contributed by atoms with Crippen LogP contribution < -0.4 is 0 Å². The van der Waals surface area contributed by atoms with Crippen LogP contribution in [0.4, 0.5) is 0 Å². The van der Waals surface area contributed by atoms with Crippen LogP contribution in [-0.2, 0) is 9.59 Å². The molecule has 0 aromatic rings. The topological polar surface area (TPSA) is 54.4 Å². The van der Waals surface area contributed by atoms with Gasteiger partial charge in [0, 0.05) is 6.42 Å². The normalized spacial score (nSPS) is 31.6. The summed E-state index contributed by atoms with van der Waals surface area (Å²) in [6.07, 6.45) is 1.89. The number of carboxylic acids is 1. The molecule has 0 spiro atoms. The number of aliphatic carboxylic acids is 1. The minimum absolute atomic E-state index is 0.139. The van der Waals surface area contributed by atoms with E-state index in [2.05, 4.69) is 0 Å². The number of hydrogen-bond donors (Lipinski definition) is 1. The predicted molar refractivity (Wildman–Crippen MR) is 29.9 cm³/mol. The molecule has 0 aromatic carbocycles. The number of carbonyl (C=O) groups excluding carboxylic acids is 1. The average molecular weight is 128 g/mol. The lowest BCUT2D eigenvalue weighted by Gasteiger charge is -1.84. The van der Waals surface area contributed by atoms with Gasteiger partial charge in [-0.15, -0.1) is 0 Å². The van der Waals surface area contributed by atoms with E-state index < -0.39 is 5.97 Å². The summed E-state index contributed by atoms with van der Waals surface area (Å²) in [7, 11) is 0. The monoisotopic (exact) mass is 128 g/mol. The molecular formula is C6H8O3. The summed E-state index contributed by atoms with van der Waals surface area (Å²) < 4.78 is 0. The maximum Gasteiger partial charge on any atom is 0.306 e. The molecule has 0 saturated heterocycles. The van der Waals surface area contributed by atoms with E-state index >= 15 is 0 Å². The van der Waals surface area contributed by atoms with Crippen LogP contribution in [-0.4, -0.2) is 17.4 Å². The van der Waals surface area contributed by atoms with Crippen LogP contribution in [0, 0.1) is 11.8 Å². The fourth-order valence-electron chi connectivity index (χ4n) is 0.934. The molecule has 0 amide bonds. The number of carboxylic acid groups (broad SMARTS) is 1. The Kier molecular flexibility index (Phi) is 1.51. The molecule has 3 nitrogen and oxygen atoms in total. The maximum atomic E-state index is 10.1. The smallest absolute Gasteiger partial charge is 0.306 e. The third-order valence-electron chi connectivity index (χ3n) is 1.64. The van der Waals surface area contributed by atoms with Crippen LogP contribution in [0.25, 0.3) is 0 Å². The number of rotatable bonds is 3. The molecule has 0 heterocycles. The van der Waals surface area contributed by atoms with E-state index in [0.29, 0.717) is 12.8 Å². The van der Waals surface area contributed by atoms with E-state index in [1.54, 1.807) is 0 Å². The molecule has 50 valence electrons. The standard InChI is InChI=1S/C6H8O3/c7-2-1-4-3-5(4)6(8)9/h2,4-5H,1,3H2,(H,8,9)/t4-,5+/m0/s1. The van der Waals surface area contributed by atoms with Gasteiger partial charge in [-0.25, -0.2) is 0 Å². The molecule has 0 aromatic heterocycles. The van der Waals surface area contributed by atoms with Crippen molar-refractivity contribution in [3.63, 3.8) is 0 Å². The van der Waals surface area contributed by atoms with Gasteiger partial charge >= 0.3 is 5.97 Å². The van der Waals surface area contributed by atoms with Crippen molar-refractivity contribution in [2.75, 3.05) is 0 Å². The average Bonchev–Trinajstić information content (AvgIpc) is 2.47. The largest absolute Gasteiger partial charge is 0.481 e. The molecule has 1 N–H and O–H groups in total. The van der Waals surface area contributed by atoms with Gasteiger partial charge in [-0.05, 0) is 12.3 Å². The first-order valence-corrected chi connectivity index (χ1v) is 2.92. The van der Waals surface area contributed by atoms with E-state index in [4.69, 9.17) is 5.11 Å². The van der Waals surface area contributed by atoms with E-state index in [1.165, 1.54) is 0 Å². The molecule has 0 unspecified atom stereocenters. The van der Waals surface area contributed by atoms with Gasteiger partial charge in [0.1, 0.15) is 6.29 Å². The van der Waals surface area contributed by atoms with Gasteiger partial charge < -0.3 is 9.90 Å². The third kappa shape index (κ3) is 1.28. The molecule has 2 atom stereocenters. The Hall–Kier alpha value is -0.860. The molecule has 9 heavy (non-hydrogen) atoms. The van der Waals surface area contributed by atoms with Crippen LogP contribution in [0.5, 0.6) is 0 Å². The van der Waals surface area contributed by atoms with Gasteiger partial charge in [-0.1, -0.05) is 0 Å². The molecule has 3 heteroatoms. The zero-order chi connectivity index (χ0) is 6.85. The first-order valence-electron chi connectivity index (χ1n) is 2.92. The summed E-state index contributed by atoms with van der Waals surface area (Å²) in [5.74, 6) is -0.850. The van der Waals surface area contributed by atoms with Gasteiger partial charge in [-0.3, -0.25) is 4.79 Å². The third-order valence-corrected chi connectivity index (χ3v) is 1.64. The summed E-state index contributed by atoms with van der Waals surface area (Å²) in [5.41, 5.74) is 0. The molecule has 0 bridgehead atoms. The van der Waals surface area contributed by atoms with Crippen LogP contribution in [0.3, 0.4) is 0 Å². The molecular weight excluding hydrogens is 120 g/mol. The molecule has 1 saturated carbocycles. The lowest BCUT2D eigenvalue weighted by Crippen LogP contribution is -1.99. The zero-order valence-electron chi connectivity index (χ0n) is 4.91. The minimum Gasteiger partial charge on any atom is -0.481 e. The highest BCUT2D eigenvalue weighted by atomic mass is 16.4. The van der Waals surface area contributed by atoms with Crippen molar-refractivity contribution in [2.45, 2.75) is 12.8 Å². The van der Waals surface area contributed by atoms with Gasteiger partial charge in [0.05, 0.1) is 5.92 Å². The van der Waals surface area contributed by atoms with Crippen molar-refractivity contribution < 1.29 is 14.7 Å². The van der Waals surface area contributed by atoms with Gasteiger partial charge in [-0.2, -0.15) is 0 Å². The highest BCUT2D eigenvalue weighted by Gasteiger charge is 2.42. The van der Waals surface area contributed by atoms with Crippen molar-refractivity contribution in [1.29, 1.82) is 0 Å². The number of hydrogen-bond acceptors (Lipinski definition) is 2. The highest BCUT2D eigenvalue weighted by molar-refractivity contribution is 5.74. The molecule has 1 fully saturated rings. The highest BCUT2D eigenvalue weighted by Crippen LogP contribution is 2.40. The Balaban J connectivity index is 2.24. The Morgan fingerprint density at radius 1 is 1.78 bits per heavy atom. The second kappa shape index (κ2) is 2.17. The fourth-order valence-corrected chi connectivity index (χ4v) is 0.934. The van der Waals surface area contributed by atoms with Gasteiger partial charge in [0.15, 0.2) is 0 Å². The first kappa shape index (κ1) is 6.26. The van der Waals surface area contributed by atoms with Gasteiger partial charge in [0.2, 0.25) is 0 Å². The minimum atomic E-state index is -0.762. The van der Waals surface area contributed by atoms with Crippen molar-refractivity contribution in [3.8, 4) is 0 Å². The zero-order valence-corrected chi connectivity index (χ0v) is 4.91. The van der Waals surface area contributed by atoms with Crippen LogP contribution in [0.1, 0.15) is 12.8 Å². The fraction of sp³-hybridized carbons (Fsp3) is 0.667. The Morgan fingerprint density at radius 2 is 2.44 bits per heavy atom. The summed E-state index contributed by atoms with van der Waals surface area (Å²) in [6.45, 7) is 0. The SMILES string of the molecule is O=CC[C@H]1C[C@H]1C(=O)O. The summed E-state index contributed by atoms with van der Waals surface area (Å²) in [6, 6.07) is 0. The van der Waals surface area contributed by atoms with E-state index in [9.17, 15) is 9.59 Å². The van der Waals surface area contributed by atoms with Crippen LogP contribution in [0.15, 0.2) is 0 Å². The van der Waals surface area contributed by atoms with E-state index in [-0.39, 0.29) is 11.8 Å². The summed E-state index contributed by atoms with van der Waals surface area (Å²) in [4.78, 5) is 20.0. The molecule has 1 aliphatic rings. The first-order chi connectivity index (χ1) is 4.25. The van der Waals surface area contributed by atoms with E-state index in [0.717, 1.165) is 6.29 Å². The van der Waals surface area contributed by atoms with Crippen molar-refractivity contribution in [3.05, 3.63) is 0 Å². The number of carbonyl (C=O) groups is 2. The predicted octanol–water partition coefficient (Wildman–Crippen LogP) is 0.296. The van der Waals surface area contributed by atoms with Crippen molar-refractivity contribution >= 4 is 12.3 Å². The van der Waals surface area contributed by atoms with Crippen molar-refractivity contribution in [1.82, 2.24) is 0 Å². The Bertz CT molecular complexity index is 141. The molecule has 0 aliphatic heterocycles. The van der Waals surface area contributed by atoms with Crippen LogP contribution >= 0.6 is 0 Å². The maximum absolute atomic E-state index is 10.1. The Morgan fingerprint density at radius 3 is 2.78 bits per heavy atom. The van der Waals surface area contributed by atoms with E-state index in [1.807, 2.05) is 0 Å². The summed E-state index contributed by atoms with van der Waals surface area (Å²) >= 11 is 0. The van der Waals surface area contributed by atoms with Gasteiger partial charge in [0.25, 0.3) is 0 Å². The lowest BCUT2D eigenvalue weighted by molar-refractivity contribution is -0.138. The quantitative estimate of drug-likeness (QED) is 0.556. The number of aldehydes is 1. The second-order valence-corrected chi connectivity index (χ2v) is 2.34. The van der Waals surface area contributed by atoms with Crippen LogP contribution in [0.2, 0.25) is 0 Å².